The van der Waals surface area contributed by atoms with E-state index in [0.29, 0.717) is 18.7 Å². The molecule has 0 aliphatic heterocycles. The number of hydrogen-bond donors (Lipinski definition) is 1. The van der Waals surface area contributed by atoms with Gasteiger partial charge >= 0.3 is 0 Å². The highest BCUT2D eigenvalue weighted by Gasteiger charge is 2.05. The highest BCUT2D eigenvalue weighted by Crippen LogP contribution is 2.11. The number of rotatable bonds is 3. The third kappa shape index (κ3) is 2.09. The predicted octanol–water partition coefficient (Wildman–Crippen LogP) is 1.67. The smallest absolute Gasteiger partial charge is 0.159 e. The Balaban J connectivity index is 2.24. The summed E-state index contributed by atoms with van der Waals surface area (Å²) in [7, 11) is 0. The summed E-state index contributed by atoms with van der Waals surface area (Å²) in [5, 5.41) is 0. The molecule has 2 aromatic rings. The zero-order valence-corrected chi connectivity index (χ0v) is 8.53. The molecular formula is C11H11F2N3. The molecular weight excluding hydrogens is 212 g/mol. The molecule has 0 bridgehead atoms. The molecule has 0 saturated carbocycles. The van der Waals surface area contributed by atoms with Crippen LogP contribution in [0.5, 0.6) is 0 Å². The fourth-order valence-corrected chi connectivity index (χ4v) is 1.50. The van der Waals surface area contributed by atoms with Crippen molar-refractivity contribution in [3.05, 3.63) is 53.6 Å². The summed E-state index contributed by atoms with van der Waals surface area (Å²) >= 11 is 0. The fourth-order valence-electron chi connectivity index (χ4n) is 1.50. The first-order valence-electron chi connectivity index (χ1n) is 4.83. The lowest BCUT2D eigenvalue weighted by Crippen LogP contribution is -2.07. The van der Waals surface area contributed by atoms with Crippen molar-refractivity contribution in [2.45, 2.75) is 13.1 Å². The van der Waals surface area contributed by atoms with Gasteiger partial charge in [-0.2, -0.15) is 0 Å². The van der Waals surface area contributed by atoms with Gasteiger partial charge in [-0.3, -0.25) is 0 Å². The average molecular weight is 223 g/mol. The molecule has 5 heteroatoms. The lowest BCUT2D eigenvalue weighted by molar-refractivity contribution is 0.506. The van der Waals surface area contributed by atoms with Gasteiger partial charge in [-0.1, -0.05) is 6.07 Å². The minimum atomic E-state index is -0.841. The third-order valence-electron chi connectivity index (χ3n) is 2.34. The van der Waals surface area contributed by atoms with Gasteiger partial charge in [0.1, 0.15) is 0 Å². The van der Waals surface area contributed by atoms with Crippen LogP contribution < -0.4 is 5.73 Å². The Morgan fingerprint density at radius 3 is 2.75 bits per heavy atom. The Labute approximate surface area is 91.5 Å². The SMILES string of the molecule is NCc1cncn1Cc1ccc(F)c(F)c1. The zero-order valence-electron chi connectivity index (χ0n) is 8.53. The van der Waals surface area contributed by atoms with E-state index in [2.05, 4.69) is 4.98 Å². The van der Waals surface area contributed by atoms with E-state index in [-0.39, 0.29) is 0 Å². The first kappa shape index (κ1) is 10.8. The van der Waals surface area contributed by atoms with Crippen LogP contribution in [0.25, 0.3) is 0 Å². The molecule has 0 aliphatic carbocycles. The third-order valence-corrected chi connectivity index (χ3v) is 2.34. The van der Waals surface area contributed by atoms with E-state index in [0.717, 1.165) is 11.8 Å². The monoisotopic (exact) mass is 223 g/mol. The first-order valence-corrected chi connectivity index (χ1v) is 4.83. The van der Waals surface area contributed by atoms with Gasteiger partial charge in [0.25, 0.3) is 0 Å². The van der Waals surface area contributed by atoms with Gasteiger partial charge in [0.2, 0.25) is 0 Å². The van der Waals surface area contributed by atoms with Gasteiger partial charge in [-0.15, -0.1) is 0 Å². The molecule has 0 spiro atoms. The Morgan fingerprint density at radius 2 is 2.06 bits per heavy atom. The molecule has 0 radical (unpaired) electrons. The number of hydrogen-bond acceptors (Lipinski definition) is 2. The predicted molar refractivity (Wildman–Crippen MR) is 55.6 cm³/mol. The molecule has 0 fully saturated rings. The Kier molecular flexibility index (Phi) is 2.96. The lowest BCUT2D eigenvalue weighted by atomic mass is 10.2. The van der Waals surface area contributed by atoms with Crippen LogP contribution in [0, 0.1) is 11.6 Å². The molecule has 2 rings (SSSR count). The second-order valence-corrected chi connectivity index (χ2v) is 3.47. The molecule has 3 nitrogen and oxygen atoms in total. The highest BCUT2D eigenvalue weighted by molar-refractivity contribution is 5.18. The maximum absolute atomic E-state index is 13.0. The van der Waals surface area contributed by atoms with Crippen molar-refractivity contribution < 1.29 is 8.78 Å². The Hall–Kier alpha value is -1.75. The molecule has 84 valence electrons. The van der Waals surface area contributed by atoms with Crippen LogP contribution in [0.1, 0.15) is 11.3 Å². The minimum Gasteiger partial charge on any atom is -0.329 e. The second kappa shape index (κ2) is 4.40. The maximum atomic E-state index is 13.0. The summed E-state index contributed by atoms with van der Waals surface area (Å²) in [6.45, 7) is 0.799. The summed E-state index contributed by atoms with van der Waals surface area (Å²) in [6, 6.07) is 3.83. The van der Waals surface area contributed by atoms with Gasteiger partial charge < -0.3 is 10.3 Å². The van der Waals surface area contributed by atoms with Crippen molar-refractivity contribution in [3.63, 3.8) is 0 Å². The summed E-state index contributed by atoms with van der Waals surface area (Å²) in [6.07, 6.45) is 3.27. The van der Waals surface area contributed by atoms with Crippen molar-refractivity contribution in [2.75, 3.05) is 0 Å². The molecule has 0 amide bonds. The number of halogens is 2. The Morgan fingerprint density at radius 1 is 1.25 bits per heavy atom. The van der Waals surface area contributed by atoms with Crippen LogP contribution in [0.2, 0.25) is 0 Å². The van der Waals surface area contributed by atoms with E-state index in [1.54, 1.807) is 23.2 Å². The normalized spacial score (nSPS) is 10.7. The molecule has 0 unspecified atom stereocenters. The molecule has 1 aromatic heterocycles. The van der Waals surface area contributed by atoms with Crippen LogP contribution in [0.4, 0.5) is 8.78 Å². The number of imidazole rings is 1. The molecule has 16 heavy (non-hydrogen) atoms. The van der Waals surface area contributed by atoms with Gasteiger partial charge in [0.15, 0.2) is 11.6 Å². The Bertz CT molecular complexity index is 494. The van der Waals surface area contributed by atoms with Crippen molar-refractivity contribution in [1.29, 1.82) is 0 Å². The molecule has 2 N–H and O–H groups in total. The van der Waals surface area contributed by atoms with Crippen molar-refractivity contribution >= 4 is 0 Å². The molecule has 1 heterocycles. The van der Waals surface area contributed by atoms with Gasteiger partial charge in [0, 0.05) is 19.3 Å². The van der Waals surface area contributed by atoms with Crippen LogP contribution in [0.15, 0.2) is 30.7 Å². The standard InChI is InChI=1S/C11H11F2N3/c12-10-2-1-8(3-11(10)13)6-16-7-15-5-9(16)4-14/h1-3,5,7H,4,6,14H2. The van der Waals surface area contributed by atoms with Crippen LogP contribution in [-0.2, 0) is 13.1 Å². The first-order chi connectivity index (χ1) is 7.70. The summed E-state index contributed by atoms with van der Waals surface area (Å²) in [5.41, 5.74) is 7.03. The highest BCUT2D eigenvalue weighted by atomic mass is 19.2. The lowest BCUT2D eigenvalue weighted by Gasteiger charge is -2.06. The van der Waals surface area contributed by atoms with Gasteiger partial charge in [0.05, 0.1) is 12.0 Å². The number of nitrogens with zero attached hydrogens (tertiary/aromatic N) is 2. The maximum Gasteiger partial charge on any atom is 0.159 e. The van der Waals surface area contributed by atoms with Crippen LogP contribution >= 0.6 is 0 Å². The van der Waals surface area contributed by atoms with Crippen molar-refractivity contribution in [2.24, 2.45) is 5.73 Å². The average Bonchev–Trinajstić information content (AvgIpc) is 2.71. The molecule has 0 atom stereocenters. The summed E-state index contributed by atoms with van der Waals surface area (Å²) in [4.78, 5) is 3.94. The molecule has 0 aliphatic rings. The van der Waals surface area contributed by atoms with Crippen LogP contribution in [0.3, 0.4) is 0 Å². The van der Waals surface area contributed by atoms with Crippen LogP contribution in [-0.4, -0.2) is 9.55 Å². The number of benzene rings is 1. The fraction of sp³-hybridized carbons (Fsp3) is 0.182. The van der Waals surface area contributed by atoms with E-state index < -0.39 is 11.6 Å². The van der Waals surface area contributed by atoms with E-state index >= 15 is 0 Å². The number of nitrogens with two attached hydrogens (primary N) is 1. The summed E-state index contributed by atoms with van der Waals surface area (Å²) in [5.74, 6) is -1.68. The molecule has 1 aromatic carbocycles. The summed E-state index contributed by atoms with van der Waals surface area (Å²) < 4.78 is 27.5. The topological polar surface area (TPSA) is 43.8 Å². The van der Waals surface area contributed by atoms with Crippen molar-refractivity contribution in [3.8, 4) is 0 Å². The van der Waals surface area contributed by atoms with E-state index in [1.165, 1.54) is 6.07 Å². The van der Waals surface area contributed by atoms with Gasteiger partial charge in [-0.25, -0.2) is 13.8 Å². The van der Waals surface area contributed by atoms with Gasteiger partial charge in [-0.05, 0) is 17.7 Å². The number of aromatic nitrogens is 2. The zero-order chi connectivity index (χ0) is 11.5. The van der Waals surface area contributed by atoms with E-state index in [1.807, 2.05) is 0 Å². The second-order valence-electron chi connectivity index (χ2n) is 3.47. The largest absolute Gasteiger partial charge is 0.329 e. The minimum absolute atomic E-state index is 0.365. The van der Waals surface area contributed by atoms with E-state index in [4.69, 9.17) is 5.73 Å². The quantitative estimate of drug-likeness (QED) is 0.860. The van der Waals surface area contributed by atoms with E-state index in [9.17, 15) is 8.78 Å². The molecule has 0 saturated heterocycles. The van der Waals surface area contributed by atoms with Crippen molar-refractivity contribution in [1.82, 2.24) is 9.55 Å².